The minimum atomic E-state index is -0.684. The number of rotatable bonds is 14. The predicted octanol–water partition coefficient (Wildman–Crippen LogP) is 4.23. The molecular formula is C37H51ClFN7O4S. The maximum atomic E-state index is 16.9. The Morgan fingerprint density at radius 1 is 1.33 bits per heavy atom. The number of piperidine rings is 1. The van der Waals surface area contributed by atoms with Gasteiger partial charge in [0.25, 0.3) is 0 Å². The number of unbranched alkanes of at least 4 members (excludes halogenated alkanes) is 1. The molecule has 2 aliphatic carbocycles. The van der Waals surface area contributed by atoms with Crippen LogP contribution in [-0.4, -0.2) is 94.2 Å². The Balaban J connectivity index is 1.41. The number of nitrogens with one attached hydrogen (secondary N) is 1. The summed E-state index contributed by atoms with van der Waals surface area (Å²) in [4.78, 5) is 17.9. The first-order valence-electron chi connectivity index (χ1n) is 18.0. The van der Waals surface area contributed by atoms with Crippen LogP contribution in [0.25, 0.3) is 11.7 Å². The van der Waals surface area contributed by atoms with Crippen molar-refractivity contribution in [1.82, 2.24) is 14.9 Å². The van der Waals surface area contributed by atoms with E-state index in [1.165, 1.54) is 7.11 Å². The van der Waals surface area contributed by atoms with Crippen LogP contribution in [0.5, 0.6) is 6.01 Å². The van der Waals surface area contributed by atoms with E-state index in [1.807, 2.05) is 6.92 Å². The van der Waals surface area contributed by atoms with E-state index in [2.05, 4.69) is 21.6 Å². The lowest BCUT2D eigenvalue weighted by molar-refractivity contribution is -0.0720. The van der Waals surface area contributed by atoms with Crippen LogP contribution in [0.15, 0.2) is 11.1 Å². The van der Waals surface area contributed by atoms with Gasteiger partial charge in [-0.25, -0.2) is 9.38 Å². The molecule has 278 valence electrons. The number of nitrogen functional groups attached to an aromatic ring is 1. The largest absolute Gasteiger partial charge is 0.480 e. The first-order valence-corrected chi connectivity index (χ1v) is 19.9. The fourth-order valence-corrected chi connectivity index (χ4v) is 11.1. The second kappa shape index (κ2) is 15.5. The average molecular weight is 744 g/mol. The molecule has 2 atom stereocenters. The lowest BCUT2D eigenvalue weighted by Gasteiger charge is -2.60. The molecule has 1 aromatic heterocycles. The van der Waals surface area contributed by atoms with Crippen LogP contribution in [-0.2, 0) is 22.0 Å². The smallest absolute Gasteiger partial charge is 0.319 e. The van der Waals surface area contributed by atoms with Crippen LogP contribution in [0.1, 0.15) is 81.4 Å². The van der Waals surface area contributed by atoms with Crippen molar-refractivity contribution in [3.05, 3.63) is 38.3 Å². The van der Waals surface area contributed by atoms with E-state index in [9.17, 15) is 9.32 Å². The number of anilines is 2. The molecule has 0 radical (unpaired) electrons. The van der Waals surface area contributed by atoms with Crippen LogP contribution >= 0.6 is 11.6 Å². The van der Waals surface area contributed by atoms with E-state index in [-0.39, 0.29) is 45.5 Å². The van der Waals surface area contributed by atoms with Crippen molar-refractivity contribution < 1.29 is 23.2 Å². The highest BCUT2D eigenvalue weighted by Crippen LogP contribution is 2.55. The lowest BCUT2D eigenvalue weighted by atomic mass is 9.64. The van der Waals surface area contributed by atoms with Gasteiger partial charge in [-0.3, -0.25) is 9.11 Å². The van der Waals surface area contributed by atoms with Gasteiger partial charge >= 0.3 is 6.01 Å². The van der Waals surface area contributed by atoms with Gasteiger partial charge in [0.15, 0.2) is 5.82 Å². The predicted molar refractivity (Wildman–Crippen MR) is 202 cm³/mol. The van der Waals surface area contributed by atoms with Crippen molar-refractivity contribution in [3.63, 3.8) is 0 Å². The molecule has 6 rings (SSSR count). The highest BCUT2D eigenvalue weighted by Gasteiger charge is 2.58. The molecule has 2 saturated carbocycles. The third kappa shape index (κ3) is 7.15. The van der Waals surface area contributed by atoms with Crippen molar-refractivity contribution in [2.45, 2.75) is 90.1 Å². The molecule has 51 heavy (non-hydrogen) atoms. The van der Waals surface area contributed by atoms with Gasteiger partial charge in [-0.1, -0.05) is 31.4 Å². The zero-order chi connectivity index (χ0) is 36.5. The number of nitrogens with two attached hydrogens (primary N) is 1. The van der Waals surface area contributed by atoms with Crippen LogP contribution in [0.4, 0.5) is 15.9 Å². The minimum Gasteiger partial charge on any atom is -0.480 e. The number of methoxy groups -OCH3 is 1. The molecule has 1 aromatic carbocycles. The van der Waals surface area contributed by atoms with Crippen molar-refractivity contribution in [3.8, 4) is 6.01 Å². The standard InChI is InChI=1S/C37H51ClFN7O4S/c1-5-6-12-45(22-47)33-30(34(42-3)49-4)32(27(39)15-25-26(18-40)28(41)14-23(2)31(25)38)43-35(44-33)50-19-37-10-7-9-29(37)46(13-8-11-37)24-16-36(17-24)20-51(48)21-36/h14,18,24,29,40,47H,3,5-13,15-17,19-22,41H2,1-2,4H3/b32-27-,34-30-,40-18?. The number of halogens is 2. The van der Waals surface area contributed by atoms with Crippen LogP contribution < -0.4 is 25.9 Å². The van der Waals surface area contributed by atoms with Gasteiger partial charge in [0.05, 0.1) is 13.7 Å². The van der Waals surface area contributed by atoms with E-state index in [0.717, 1.165) is 82.1 Å². The Morgan fingerprint density at radius 2 is 2.08 bits per heavy atom. The van der Waals surface area contributed by atoms with E-state index >= 15 is 4.39 Å². The van der Waals surface area contributed by atoms with Crippen molar-refractivity contribution in [2.75, 3.05) is 55.7 Å². The highest BCUT2D eigenvalue weighted by molar-refractivity contribution is 7.86. The van der Waals surface area contributed by atoms with Gasteiger partial charge in [-0.2, -0.15) is 9.97 Å². The number of fused-ring (bicyclic) bond motifs is 1. The monoisotopic (exact) mass is 743 g/mol. The first kappa shape index (κ1) is 37.6. The molecule has 2 aliphatic heterocycles. The second-order valence-electron chi connectivity index (χ2n) is 14.9. The molecule has 14 heteroatoms. The van der Waals surface area contributed by atoms with Crippen molar-refractivity contribution in [2.24, 2.45) is 15.8 Å². The van der Waals surface area contributed by atoms with Crippen molar-refractivity contribution in [1.29, 1.82) is 5.41 Å². The molecule has 2 saturated heterocycles. The quantitative estimate of drug-likeness (QED) is 0.147. The molecule has 2 aromatic rings. The zero-order valence-electron chi connectivity index (χ0n) is 30.0. The fraction of sp³-hybridized carbons (Fsp3) is 0.622. The van der Waals surface area contributed by atoms with E-state index in [4.69, 9.17) is 37.2 Å². The summed E-state index contributed by atoms with van der Waals surface area (Å²) in [5.74, 6) is 1.22. The number of hydrogen-bond acceptors (Lipinski definition) is 11. The number of aliphatic imine (C=N–C) groups is 1. The van der Waals surface area contributed by atoms with Crippen LogP contribution in [0.2, 0.25) is 5.02 Å². The summed E-state index contributed by atoms with van der Waals surface area (Å²) >= 11 is 6.69. The Kier molecular flexibility index (Phi) is 11.4. The van der Waals surface area contributed by atoms with Gasteiger partial charge in [-0.05, 0) is 87.7 Å². The van der Waals surface area contributed by atoms with E-state index in [0.29, 0.717) is 52.6 Å². The number of aliphatic hydroxyl groups is 1. The number of hydrogen-bond donors (Lipinski definition) is 3. The number of nitrogens with zero attached hydrogens (tertiary/aromatic N) is 5. The maximum Gasteiger partial charge on any atom is 0.319 e. The molecule has 1 spiro atoms. The normalized spacial score (nSPS) is 28.3. The zero-order valence-corrected chi connectivity index (χ0v) is 31.6. The number of benzene rings is 1. The molecule has 3 heterocycles. The summed E-state index contributed by atoms with van der Waals surface area (Å²) in [5.41, 5.74) is 8.07. The summed E-state index contributed by atoms with van der Waals surface area (Å²) in [5, 5.41) is 18.9. The fourth-order valence-electron chi connectivity index (χ4n) is 9.08. The van der Waals surface area contributed by atoms with Crippen molar-refractivity contribution >= 4 is 58.5 Å². The molecule has 0 amide bonds. The summed E-state index contributed by atoms with van der Waals surface area (Å²) in [6.45, 7) is 8.96. The summed E-state index contributed by atoms with van der Waals surface area (Å²) in [6, 6.07) is 2.54. The number of likely N-dealkylation sites (tertiary alicyclic amines) is 1. The van der Waals surface area contributed by atoms with Crippen LogP contribution in [0, 0.1) is 23.2 Å². The molecular weight excluding hydrogens is 693 g/mol. The van der Waals surface area contributed by atoms with Gasteiger partial charge < -0.3 is 30.6 Å². The third-order valence-corrected chi connectivity index (χ3v) is 14.0. The van der Waals surface area contributed by atoms with Gasteiger partial charge in [-0.15, -0.1) is 0 Å². The molecule has 4 aliphatic rings. The summed E-state index contributed by atoms with van der Waals surface area (Å²) in [6.07, 6.45) is 9.91. The Labute approximate surface area is 307 Å². The topological polar surface area (TPSA) is 150 Å². The Morgan fingerprint density at radius 3 is 2.73 bits per heavy atom. The minimum absolute atomic E-state index is 0.00723. The summed E-state index contributed by atoms with van der Waals surface area (Å²) in [7, 11) is 0.760. The number of aryl methyl sites for hydroxylation is 1. The first-order chi connectivity index (χ1) is 24.5. The molecule has 2 unspecified atom stereocenters. The maximum absolute atomic E-state index is 16.9. The Bertz CT molecular complexity index is 1810. The van der Waals surface area contributed by atoms with Crippen LogP contribution in [0.3, 0.4) is 0 Å². The second-order valence-corrected chi connectivity index (χ2v) is 16.7. The van der Waals surface area contributed by atoms with E-state index in [1.54, 1.807) is 17.9 Å². The van der Waals surface area contributed by atoms with E-state index < -0.39 is 23.4 Å². The molecule has 11 nitrogen and oxygen atoms in total. The highest BCUT2D eigenvalue weighted by atomic mass is 35.5. The number of ether oxygens (including phenoxy) is 2. The van der Waals surface area contributed by atoms with Gasteiger partial charge in [0, 0.05) is 75.3 Å². The lowest BCUT2D eigenvalue weighted by Crippen LogP contribution is -2.65. The van der Waals surface area contributed by atoms with Gasteiger partial charge in [0.2, 0.25) is 5.88 Å². The molecule has 4 N–H and O–H groups in total. The summed E-state index contributed by atoms with van der Waals surface area (Å²) < 4.78 is 41.0. The number of aliphatic hydroxyl groups excluding tert-OH is 1. The Hall–Kier alpha value is -3.13. The molecule has 0 bridgehead atoms. The van der Waals surface area contributed by atoms with Gasteiger partial charge in [0.1, 0.15) is 23.1 Å². The SMILES string of the molecule is C=N/C(OC)=c1/c(N(CO)CCCC)nc(OCC23CCCC2N(C2CC4(C2)CS(=O)C4)CCC3)n/c1=C(\F)Cc1c(Cl)c(C)cc(N)c1C=N. The average Bonchev–Trinajstić information content (AvgIpc) is 3.53. The number of aromatic nitrogens is 2. The molecule has 4 fully saturated rings. The third-order valence-electron chi connectivity index (χ3n) is 11.6.